The summed E-state index contributed by atoms with van der Waals surface area (Å²) in [6.45, 7) is 0.133. The summed E-state index contributed by atoms with van der Waals surface area (Å²) in [5.41, 5.74) is 0.0367. The number of nitro groups is 1. The fourth-order valence-corrected chi connectivity index (χ4v) is 4.28. The van der Waals surface area contributed by atoms with Gasteiger partial charge in [-0.15, -0.1) is 11.3 Å². The fraction of sp³-hybridized carbons (Fsp3) is 0.0909. The first kappa shape index (κ1) is 20.3. The topological polar surface area (TPSA) is 121 Å². The molecule has 2 heterocycles. The normalized spacial score (nSPS) is 17.8. The predicted octanol–water partition coefficient (Wildman–Crippen LogP) is 3.98. The number of hydrogen-bond acceptors (Lipinski definition) is 7. The number of benzene rings is 2. The largest absolute Gasteiger partial charge is 0.508 e. The second-order valence-corrected chi connectivity index (χ2v) is 7.94. The molecule has 31 heavy (non-hydrogen) atoms. The van der Waals surface area contributed by atoms with E-state index in [9.17, 15) is 29.9 Å². The zero-order valence-electron chi connectivity index (χ0n) is 16.0. The summed E-state index contributed by atoms with van der Waals surface area (Å²) in [6.07, 6.45) is 0. The summed E-state index contributed by atoms with van der Waals surface area (Å²) in [5, 5.41) is 33.9. The van der Waals surface area contributed by atoms with Gasteiger partial charge >= 0.3 is 0 Å². The smallest absolute Gasteiger partial charge is 0.295 e. The van der Waals surface area contributed by atoms with Gasteiger partial charge in [0.2, 0.25) is 0 Å². The van der Waals surface area contributed by atoms with Crippen LogP contribution in [0.1, 0.15) is 22.0 Å². The van der Waals surface area contributed by atoms with Crippen molar-refractivity contribution in [3.63, 3.8) is 0 Å². The molecule has 0 spiro atoms. The molecule has 8 nitrogen and oxygen atoms in total. The van der Waals surface area contributed by atoms with Gasteiger partial charge in [-0.2, -0.15) is 0 Å². The van der Waals surface area contributed by atoms with E-state index in [1.54, 1.807) is 12.1 Å². The highest BCUT2D eigenvalue weighted by Crippen LogP contribution is 2.41. The van der Waals surface area contributed by atoms with Crippen LogP contribution in [-0.2, 0) is 16.1 Å². The molecule has 1 unspecified atom stereocenters. The third kappa shape index (κ3) is 3.78. The number of aliphatic hydroxyl groups excluding tert-OH is 1. The number of ketones is 1. The molecule has 1 fully saturated rings. The Balaban J connectivity index is 1.89. The lowest BCUT2D eigenvalue weighted by molar-refractivity contribution is -0.384. The van der Waals surface area contributed by atoms with Crippen LogP contribution in [0, 0.1) is 10.1 Å². The molecule has 1 aliphatic heterocycles. The van der Waals surface area contributed by atoms with E-state index in [2.05, 4.69) is 0 Å². The molecular formula is C22H16N2O6S. The molecule has 0 radical (unpaired) electrons. The van der Waals surface area contributed by atoms with Gasteiger partial charge in [-0.05, 0) is 29.1 Å². The Kier molecular flexibility index (Phi) is 5.26. The average Bonchev–Trinajstić information content (AvgIpc) is 3.36. The summed E-state index contributed by atoms with van der Waals surface area (Å²) in [4.78, 5) is 38.5. The zero-order chi connectivity index (χ0) is 22.1. The zero-order valence-corrected chi connectivity index (χ0v) is 16.8. The summed E-state index contributed by atoms with van der Waals surface area (Å²) in [7, 11) is 0. The highest BCUT2D eigenvalue weighted by molar-refractivity contribution is 7.09. The number of phenols is 1. The van der Waals surface area contributed by atoms with Gasteiger partial charge in [0.15, 0.2) is 0 Å². The van der Waals surface area contributed by atoms with Crippen molar-refractivity contribution in [2.24, 2.45) is 0 Å². The van der Waals surface area contributed by atoms with E-state index in [1.807, 2.05) is 17.5 Å². The van der Waals surface area contributed by atoms with Crippen LogP contribution in [0.4, 0.5) is 5.69 Å². The first-order chi connectivity index (χ1) is 14.9. The lowest BCUT2D eigenvalue weighted by Gasteiger charge is -2.25. The van der Waals surface area contributed by atoms with Gasteiger partial charge in [0.05, 0.1) is 23.1 Å². The number of hydrogen-bond donors (Lipinski definition) is 2. The van der Waals surface area contributed by atoms with Crippen LogP contribution in [0.15, 0.2) is 71.6 Å². The Morgan fingerprint density at radius 2 is 1.87 bits per heavy atom. The van der Waals surface area contributed by atoms with E-state index >= 15 is 0 Å². The van der Waals surface area contributed by atoms with Crippen molar-refractivity contribution in [3.8, 4) is 5.75 Å². The third-order valence-electron chi connectivity index (χ3n) is 4.96. The van der Waals surface area contributed by atoms with Crippen LogP contribution in [0.25, 0.3) is 5.76 Å². The standard InChI is InChI=1S/C22H16N2O6S/c25-16-7-2-4-13(11-16)19-18(20(26)14-5-1-6-15(10-14)24(29)30)21(27)22(28)23(19)12-17-8-3-9-31-17/h1-11,19,25-26H,12H2/b20-18-. The van der Waals surface area contributed by atoms with Gasteiger partial charge in [0, 0.05) is 22.6 Å². The predicted molar refractivity (Wildman–Crippen MR) is 113 cm³/mol. The molecule has 1 atom stereocenters. The summed E-state index contributed by atoms with van der Waals surface area (Å²) < 4.78 is 0. The molecule has 156 valence electrons. The Bertz CT molecular complexity index is 1220. The number of aromatic hydroxyl groups is 1. The number of likely N-dealkylation sites (tertiary alicyclic amines) is 1. The number of non-ortho nitro benzene ring substituents is 1. The van der Waals surface area contributed by atoms with Crippen molar-refractivity contribution in [2.45, 2.75) is 12.6 Å². The van der Waals surface area contributed by atoms with Crippen molar-refractivity contribution in [1.29, 1.82) is 0 Å². The highest BCUT2D eigenvalue weighted by atomic mass is 32.1. The summed E-state index contributed by atoms with van der Waals surface area (Å²) in [6, 6.07) is 14.0. The molecule has 1 amide bonds. The maximum absolute atomic E-state index is 12.9. The van der Waals surface area contributed by atoms with Gasteiger partial charge < -0.3 is 15.1 Å². The number of aliphatic hydroxyl groups is 1. The first-order valence-corrected chi connectivity index (χ1v) is 10.1. The van der Waals surface area contributed by atoms with E-state index in [0.717, 1.165) is 10.9 Å². The number of amides is 1. The number of nitro benzene ring substituents is 1. The third-order valence-corrected chi connectivity index (χ3v) is 5.82. The molecule has 0 bridgehead atoms. The van der Waals surface area contributed by atoms with E-state index in [-0.39, 0.29) is 29.1 Å². The molecule has 1 saturated heterocycles. The molecule has 0 saturated carbocycles. The average molecular weight is 436 g/mol. The molecule has 2 N–H and O–H groups in total. The number of rotatable bonds is 5. The van der Waals surface area contributed by atoms with E-state index in [4.69, 9.17) is 0 Å². The number of carbonyl (C=O) groups is 2. The minimum absolute atomic E-state index is 0.0495. The van der Waals surface area contributed by atoms with Gasteiger partial charge in [-0.1, -0.05) is 30.3 Å². The Morgan fingerprint density at radius 1 is 1.10 bits per heavy atom. The lowest BCUT2D eigenvalue weighted by Crippen LogP contribution is -2.28. The van der Waals surface area contributed by atoms with Crippen LogP contribution in [0.2, 0.25) is 0 Å². The number of phenolic OH excluding ortho intramolecular Hbond substituents is 1. The SMILES string of the molecule is O=C1C(=O)N(Cc2cccs2)C(c2cccc(O)c2)/C1=C(/O)c1cccc([N+](=O)[O-])c1. The maximum atomic E-state index is 12.9. The van der Waals surface area contributed by atoms with Gasteiger partial charge in [-0.25, -0.2) is 0 Å². The minimum atomic E-state index is -0.964. The van der Waals surface area contributed by atoms with Crippen LogP contribution < -0.4 is 0 Å². The van der Waals surface area contributed by atoms with Crippen molar-refractivity contribution in [3.05, 3.63) is 97.7 Å². The Morgan fingerprint density at radius 3 is 2.55 bits per heavy atom. The van der Waals surface area contributed by atoms with Crippen LogP contribution >= 0.6 is 11.3 Å². The molecular weight excluding hydrogens is 420 g/mol. The molecule has 2 aromatic carbocycles. The van der Waals surface area contributed by atoms with Crippen molar-refractivity contribution < 1.29 is 24.7 Å². The van der Waals surface area contributed by atoms with Crippen LogP contribution in [0.3, 0.4) is 0 Å². The maximum Gasteiger partial charge on any atom is 0.295 e. The first-order valence-electron chi connectivity index (χ1n) is 9.21. The van der Waals surface area contributed by atoms with E-state index in [1.165, 1.54) is 46.6 Å². The quantitative estimate of drug-likeness (QED) is 0.205. The van der Waals surface area contributed by atoms with Crippen molar-refractivity contribution >= 4 is 34.5 Å². The van der Waals surface area contributed by atoms with Gasteiger partial charge in [0.25, 0.3) is 17.4 Å². The van der Waals surface area contributed by atoms with Crippen molar-refractivity contribution in [2.75, 3.05) is 0 Å². The second kappa shape index (κ2) is 8.04. The lowest BCUT2D eigenvalue weighted by atomic mass is 9.95. The van der Waals surface area contributed by atoms with Crippen LogP contribution in [0.5, 0.6) is 5.75 Å². The Labute approximate surface area is 180 Å². The van der Waals surface area contributed by atoms with Gasteiger partial charge in [0.1, 0.15) is 11.5 Å². The number of Topliss-reactive ketones (excluding diaryl/α,β-unsaturated/α-hetero) is 1. The number of thiophene rings is 1. The molecule has 0 aliphatic carbocycles. The number of carbonyl (C=O) groups excluding carboxylic acids is 2. The summed E-state index contributed by atoms with van der Waals surface area (Å²) >= 11 is 1.42. The van der Waals surface area contributed by atoms with Crippen LogP contribution in [-0.4, -0.2) is 31.7 Å². The van der Waals surface area contributed by atoms with E-state index in [0.29, 0.717) is 5.56 Å². The highest BCUT2D eigenvalue weighted by Gasteiger charge is 2.46. The Hall–Kier alpha value is -3.98. The molecule has 3 aromatic rings. The van der Waals surface area contributed by atoms with Crippen molar-refractivity contribution in [1.82, 2.24) is 4.90 Å². The summed E-state index contributed by atoms with van der Waals surface area (Å²) in [5.74, 6) is -2.26. The van der Waals surface area contributed by atoms with E-state index < -0.39 is 28.4 Å². The number of nitrogens with zero attached hydrogens (tertiary/aromatic N) is 2. The molecule has 1 aromatic heterocycles. The monoisotopic (exact) mass is 436 g/mol. The molecule has 9 heteroatoms. The second-order valence-electron chi connectivity index (χ2n) is 6.91. The molecule has 1 aliphatic rings. The fourth-order valence-electron chi connectivity index (χ4n) is 3.58. The van der Waals surface area contributed by atoms with Gasteiger partial charge in [-0.3, -0.25) is 19.7 Å². The molecule has 4 rings (SSSR count). The minimum Gasteiger partial charge on any atom is -0.508 e.